The molecule has 1 radical (unpaired) electrons. The van der Waals surface area contributed by atoms with E-state index in [1.165, 1.54) is 69.8 Å². The van der Waals surface area contributed by atoms with Crippen LogP contribution in [-0.2, 0) is 21.1 Å². The number of benzene rings is 2. The number of nitrogens with zero attached hydrogens (tertiary/aromatic N) is 1. The third-order valence-electron chi connectivity index (χ3n) is 8.72. The van der Waals surface area contributed by atoms with Crippen molar-refractivity contribution in [2.24, 2.45) is 0 Å². The number of nitrogens with one attached hydrogen (secondary N) is 1. The van der Waals surface area contributed by atoms with Gasteiger partial charge in [0.15, 0.2) is 0 Å². The van der Waals surface area contributed by atoms with E-state index in [9.17, 15) is 14.8 Å². The largest absolute Gasteiger partial charge is 0.494 e. The lowest BCUT2D eigenvalue weighted by atomic mass is 9.89. The Morgan fingerprint density at radius 1 is 0.829 bits per heavy atom. The van der Waals surface area contributed by atoms with Gasteiger partial charge in [-0.1, -0.05) is 89.0 Å². The van der Waals surface area contributed by atoms with Crippen LogP contribution in [0.1, 0.15) is 126 Å². The standard InChI is InChI=1S/C34H49N2O5/c1-5-6-7-8-9-10-11-12-13-14-25-41-30-21-19-29(20-22-30)34(4)24-23-33(3,36(34)40)28-17-15-27(16-18-28)31(37)35-26(2)32(38)39/h15-22,26H,5-14,23-25H2,1-4H3,(H,35,37)(H,38,39)/t26-,33-,34-/m0/s1. The maximum Gasteiger partial charge on any atom is 0.325 e. The molecule has 7 heteroatoms. The molecule has 7 nitrogen and oxygen atoms in total. The third kappa shape index (κ3) is 8.55. The van der Waals surface area contributed by atoms with Crippen LogP contribution in [0.3, 0.4) is 0 Å². The van der Waals surface area contributed by atoms with E-state index in [1.54, 1.807) is 24.3 Å². The van der Waals surface area contributed by atoms with Crippen LogP contribution in [0.5, 0.6) is 5.75 Å². The van der Waals surface area contributed by atoms with Crippen molar-refractivity contribution < 1.29 is 24.6 Å². The molecule has 0 saturated carbocycles. The summed E-state index contributed by atoms with van der Waals surface area (Å²) in [6.07, 6.45) is 14.3. The quantitative estimate of drug-likeness (QED) is 0.191. The van der Waals surface area contributed by atoms with Crippen molar-refractivity contribution in [3.05, 3.63) is 65.2 Å². The molecule has 1 saturated heterocycles. The van der Waals surface area contributed by atoms with Crippen LogP contribution in [0, 0.1) is 0 Å². The topological polar surface area (TPSA) is 98.8 Å². The van der Waals surface area contributed by atoms with Crippen molar-refractivity contribution in [3.63, 3.8) is 0 Å². The number of carbonyl (C=O) groups is 2. The van der Waals surface area contributed by atoms with Crippen molar-refractivity contribution in [1.29, 1.82) is 0 Å². The molecule has 1 heterocycles. The summed E-state index contributed by atoms with van der Waals surface area (Å²) in [5, 5.41) is 26.5. The fourth-order valence-electron chi connectivity index (χ4n) is 5.77. The average Bonchev–Trinajstić information content (AvgIpc) is 3.22. The Hall–Kier alpha value is -2.90. The SMILES string of the molecule is CCCCCCCCCCCCOc1ccc([C@]2(C)CC[C@@](C)(c3ccc(C(=O)N[C@@H](C)C(=O)O)cc3)N2[O])cc1. The molecule has 1 aliphatic heterocycles. The van der Waals surface area contributed by atoms with Crippen LogP contribution in [-0.4, -0.2) is 34.7 Å². The summed E-state index contributed by atoms with van der Waals surface area (Å²) >= 11 is 0. The minimum absolute atomic E-state index is 0.358. The molecular weight excluding hydrogens is 516 g/mol. The van der Waals surface area contributed by atoms with E-state index in [4.69, 9.17) is 9.84 Å². The summed E-state index contributed by atoms with van der Waals surface area (Å²) in [7, 11) is 0. The van der Waals surface area contributed by atoms with Gasteiger partial charge in [-0.05, 0) is 75.4 Å². The fourth-order valence-corrected chi connectivity index (χ4v) is 5.77. The first-order valence-corrected chi connectivity index (χ1v) is 15.5. The van der Waals surface area contributed by atoms with Gasteiger partial charge in [-0.25, -0.2) is 0 Å². The number of carboxylic acid groups (broad SMARTS) is 1. The van der Waals surface area contributed by atoms with Crippen molar-refractivity contribution in [3.8, 4) is 5.75 Å². The van der Waals surface area contributed by atoms with Gasteiger partial charge < -0.3 is 15.2 Å². The molecular formula is C34H49N2O5. The molecule has 0 aliphatic carbocycles. The lowest BCUT2D eigenvalue weighted by Crippen LogP contribution is -2.44. The molecule has 0 aromatic heterocycles. The lowest BCUT2D eigenvalue weighted by molar-refractivity contribution is -0.260. The van der Waals surface area contributed by atoms with Crippen LogP contribution in [0.25, 0.3) is 0 Å². The maximum atomic E-state index is 13.8. The summed E-state index contributed by atoms with van der Waals surface area (Å²) in [6, 6.07) is 13.8. The van der Waals surface area contributed by atoms with Crippen LogP contribution in [0.4, 0.5) is 0 Å². The molecule has 0 unspecified atom stereocenters. The molecule has 2 N–H and O–H groups in total. The van der Waals surface area contributed by atoms with E-state index in [0.29, 0.717) is 25.0 Å². The molecule has 1 amide bonds. The predicted octanol–water partition coefficient (Wildman–Crippen LogP) is 7.76. The predicted molar refractivity (Wildman–Crippen MR) is 161 cm³/mol. The van der Waals surface area contributed by atoms with E-state index in [1.807, 2.05) is 38.1 Å². The minimum atomic E-state index is -1.09. The Morgan fingerprint density at radius 2 is 1.29 bits per heavy atom. The van der Waals surface area contributed by atoms with Crippen molar-refractivity contribution in [1.82, 2.24) is 10.4 Å². The molecule has 0 bridgehead atoms. The number of carboxylic acids is 1. The van der Waals surface area contributed by atoms with E-state index >= 15 is 0 Å². The number of hydrogen-bond donors (Lipinski definition) is 2. The number of carbonyl (C=O) groups excluding carboxylic acids is 1. The maximum absolute atomic E-state index is 13.8. The van der Waals surface area contributed by atoms with Crippen LogP contribution >= 0.6 is 0 Å². The van der Waals surface area contributed by atoms with Gasteiger partial charge in [0.1, 0.15) is 11.8 Å². The fraction of sp³-hybridized carbons (Fsp3) is 0.588. The average molecular weight is 566 g/mol. The molecule has 225 valence electrons. The van der Waals surface area contributed by atoms with Gasteiger partial charge in [0.2, 0.25) is 0 Å². The number of unbranched alkanes of at least 4 members (excludes halogenated alkanes) is 9. The van der Waals surface area contributed by atoms with Gasteiger partial charge in [-0.2, -0.15) is 0 Å². The van der Waals surface area contributed by atoms with Gasteiger partial charge in [0.25, 0.3) is 5.91 Å². The Morgan fingerprint density at radius 3 is 1.78 bits per heavy atom. The normalized spacial score (nSPS) is 21.5. The van der Waals surface area contributed by atoms with E-state index in [2.05, 4.69) is 12.2 Å². The summed E-state index contributed by atoms with van der Waals surface area (Å²) < 4.78 is 5.98. The number of hydrogen-bond acceptors (Lipinski definition) is 4. The molecule has 1 fully saturated rings. The molecule has 2 aromatic rings. The van der Waals surface area contributed by atoms with Crippen LogP contribution in [0.2, 0.25) is 0 Å². The van der Waals surface area contributed by atoms with Gasteiger partial charge in [0, 0.05) is 5.56 Å². The first kappa shape index (κ1) is 32.6. The van der Waals surface area contributed by atoms with Gasteiger partial charge >= 0.3 is 5.97 Å². The first-order valence-electron chi connectivity index (χ1n) is 15.5. The Kier molecular flexibility index (Phi) is 12.2. The Bertz CT molecular complexity index is 1100. The number of amides is 1. The summed E-state index contributed by atoms with van der Waals surface area (Å²) in [5.41, 5.74) is 0.716. The van der Waals surface area contributed by atoms with E-state index in [0.717, 1.165) is 23.3 Å². The summed E-state index contributed by atoms with van der Waals surface area (Å²) in [5.74, 6) is -0.719. The molecule has 3 rings (SSSR count). The summed E-state index contributed by atoms with van der Waals surface area (Å²) in [4.78, 5) is 23.4. The highest BCUT2D eigenvalue weighted by Gasteiger charge is 2.52. The molecule has 41 heavy (non-hydrogen) atoms. The summed E-state index contributed by atoms with van der Waals surface area (Å²) in [6.45, 7) is 8.31. The van der Waals surface area contributed by atoms with Gasteiger partial charge in [-0.15, -0.1) is 10.3 Å². The third-order valence-corrected chi connectivity index (χ3v) is 8.72. The van der Waals surface area contributed by atoms with Gasteiger partial charge in [-0.3, -0.25) is 9.59 Å². The second-order valence-electron chi connectivity index (χ2n) is 12.0. The van der Waals surface area contributed by atoms with Crippen LogP contribution < -0.4 is 10.1 Å². The first-order chi connectivity index (χ1) is 19.6. The Labute approximate surface area is 246 Å². The minimum Gasteiger partial charge on any atom is -0.494 e. The Balaban J connectivity index is 1.49. The smallest absolute Gasteiger partial charge is 0.325 e. The van der Waals surface area contributed by atoms with E-state index < -0.39 is 29.0 Å². The molecule has 0 spiro atoms. The lowest BCUT2D eigenvalue weighted by Gasteiger charge is -2.37. The monoisotopic (exact) mass is 565 g/mol. The zero-order chi connectivity index (χ0) is 29.9. The molecule has 2 aromatic carbocycles. The second kappa shape index (κ2) is 15.4. The van der Waals surface area contributed by atoms with Crippen molar-refractivity contribution >= 4 is 11.9 Å². The zero-order valence-electron chi connectivity index (χ0n) is 25.4. The van der Waals surface area contributed by atoms with Crippen molar-refractivity contribution in [2.45, 2.75) is 122 Å². The highest BCUT2D eigenvalue weighted by molar-refractivity contribution is 5.96. The van der Waals surface area contributed by atoms with E-state index in [-0.39, 0.29) is 0 Å². The highest BCUT2D eigenvalue weighted by Crippen LogP contribution is 2.51. The van der Waals surface area contributed by atoms with Crippen LogP contribution in [0.15, 0.2) is 48.5 Å². The number of rotatable bonds is 17. The second-order valence-corrected chi connectivity index (χ2v) is 12.0. The number of aliphatic carboxylic acids is 1. The molecule has 3 atom stereocenters. The zero-order valence-corrected chi connectivity index (χ0v) is 25.4. The van der Waals surface area contributed by atoms with Gasteiger partial charge in [0.05, 0.1) is 17.7 Å². The molecule has 1 aliphatic rings. The number of hydroxylamine groups is 2. The van der Waals surface area contributed by atoms with Crippen molar-refractivity contribution in [2.75, 3.05) is 6.61 Å². The number of ether oxygens (including phenoxy) is 1. The highest BCUT2D eigenvalue weighted by atomic mass is 16.5.